The van der Waals surface area contributed by atoms with Gasteiger partial charge in [-0.3, -0.25) is 4.99 Å². The number of hydrogen-bond acceptors (Lipinski definition) is 1. The summed E-state index contributed by atoms with van der Waals surface area (Å²) < 4.78 is 0. The third-order valence-electron chi connectivity index (χ3n) is 1.59. The Morgan fingerprint density at radius 2 is 1.91 bits per heavy atom. The summed E-state index contributed by atoms with van der Waals surface area (Å²) in [6.07, 6.45) is 6.81. The Hall–Kier alpha value is -0.850. The first-order chi connectivity index (χ1) is 5.30. The van der Waals surface area contributed by atoms with E-state index in [1.807, 2.05) is 32.3 Å². The second-order valence-electron chi connectivity index (χ2n) is 2.31. The lowest BCUT2D eigenvalue weighted by molar-refractivity contribution is 1.23. The summed E-state index contributed by atoms with van der Waals surface area (Å²) in [7, 11) is 0. The fourth-order valence-corrected chi connectivity index (χ4v) is 0.709. The quantitative estimate of drug-likeness (QED) is 0.503. The summed E-state index contributed by atoms with van der Waals surface area (Å²) in [6.45, 7) is 8.25. The fraction of sp³-hybridized carbons (Fsp3) is 0.500. The number of aliphatic imine (C=N–C) groups is 1. The Balaban J connectivity index is 0.000000461. The van der Waals surface area contributed by atoms with E-state index < -0.39 is 0 Å². The van der Waals surface area contributed by atoms with Crippen molar-refractivity contribution in [3.05, 3.63) is 23.4 Å². The summed E-state index contributed by atoms with van der Waals surface area (Å²) in [6, 6.07) is 0. The van der Waals surface area contributed by atoms with Gasteiger partial charge < -0.3 is 0 Å². The highest BCUT2D eigenvalue weighted by Crippen LogP contribution is 2.09. The molecule has 62 valence electrons. The lowest BCUT2D eigenvalue weighted by Crippen LogP contribution is -1.79. The summed E-state index contributed by atoms with van der Waals surface area (Å²) in [5, 5.41) is 0. The predicted molar refractivity (Wildman–Crippen MR) is 52.0 cm³/mol. The maximum Gasteiger partial charge on any atom is 0.0266 e. The molecular formula is C10H17N. The molecule has 0 aliphatic carbocycles. The lowest BCUT2D eigenvalue weighted by Gasteiger charge is -1.94. The third-order valence-corrected chi connectivity index (χ3v) is 1.59. The van der Waals surface area contributed by atoms with Crippen LogP contribution in [0.1, 0.15) is 34.1 Å². The minimum Gasteiger partial charge on any atom is -0.269 e. The van der Waals surface area contributed by atoms with E-state index in [1.54, 1.807) is 0 Å². The monoisotopic (exact) mass is 151 g/mol. The second-order valence-corrected chi connectivity index (χ2v) is 2.31. The summed E-state index contributed by atoms with van der Waals surface area (Å²) in [5.74, 6) is 0. The molecule has 0 saturated heterocycles. The maximum absolute atomic E-state index is 4.02. The molecule has 0 saturated carbocycles. The van der Waals surface area contributed by atoms with Crippen molar-refractivity contribution in [2.45, 2.75) is 34.1 Å². The molecule has 0 unspecified atom stereocenters. The van der Waals surface area contributed by atoms with Crippen LogP contribution in [-0.4, -0.2) is 6.21 Å². The first kappa shape index (κ1) is 10.2. The maximum atomic E-state index is 4.02. The molecule has 0 aromatic heterocycles. The van der Waals surface area contributed by atoms with Crippen molar-refractivity contribution < 1.29 is 0 Å². The van der Waals surface area contributed by atoms with Crippen LogP contribution in [0.25, 0.3) is 0 Å². The van der Waals surface area contributed by atoms with Crippen LogP contribution >= 0.6 is 0 Å². The summed E-state index contributed by atoms with van der Waals surface area (Å²) in [4.78, 5) is 4.02. The van der Waals surface area contributed by atoms with Gasteiger partial charge in [-0.25, -0.2) is 0 Å². The average Bonchev–Trinajstić information content (AvgIpc) is 2.22. The highest BCUT2D eigenvalue weighted by Gasteiger charge is 1.92. The Bertz CT molecular complexity index is 185. The van der Waals surface area contributed by atoms with Gasteiger partial charge in [0.25, 0.3) is 0 Å². The molecule has 1 rings (SSSR count). The average molecular weight is 151 g/mol. The molecule has 0 radical (unpaired) electrons. The van der Waals surface area contributed by atoms with Gasteiger partial charge in [-0.15, -0.1) is 0 Å². The van der Waals surface area contributed by atoms with Crippen LogP contribution in [-0.2, 0) is 0 Å². The highest BCUT2D eigenvalue weighted by atomic mass is 14.7. The van der Waals surface area contributed by atoms with E-state index in [1.165, 1.54) is 11.1 Å². The zero-order valence-electron chi connectivity index (χ0n) is 7.89. The minimum atomic E-state index is 0.999. The molecule has 1 aliphatic heterocycles. The van der Waals surface area contributed by atoms with Crippen LogP contribution in [0.15, 0.2) is 28.4 Å². The zero-order chi connectivity index (χ0) is 8.69. The van der Waals surface area contributed by atoms with Crippen molar-refractivity contribution >= 4 is 6.21 Å². The van der Waals surface area contributed by atoms with Gasteiger partial charge in [0, 0.05) is 18.8 Å². The predicted octanol–water partition coefficient (Wildman–Crippen LogP) is 3.34. The van der Waals surface area contributed by atoms with E-state index >= 15 is 0 Å². The van der Waals surface area contributed by atoms with E-state index in [0.717, 1.165) is 6.42 Å². The van der Waals surface area contributed by atoms with Crippen LogP contribution in [0, 0.1) is 0 Å². The smallest absolute Gasteiger partial charge is 0.0266 e. The Morgan fingerprint density at radius 1 is 1.27 bits per heavy atom. The molecule has 0 aromatic carbocycles. The molecule has 1 heteroatoms. The molecule has 0 spiro atoms. The van der Waals surface area contributed by atoms with E-state index in [0.29, 0.717) is 0 Å². The van der Waals surface area contributed by atoms with Crippen LogP contribution < -0.4 is 0 Å². The van der Waals surface area contributed by atoms with Gasteiger partial charge in [-0.05, 0) is 19.9 Å². The Labute approximate surface area is 69.5 Å². The molecule has 1 aliphatic rings. The van der Waals surface area contributed by atoms with E-state index in [2.05, 4.69) is 18.8 Å². The molecule has 0 atom stereocenters. The van der Waals surface area contributed by atoms with Gasteiger partial charge in [0.05, 0.1) is 0 Å². The Morgan fingerprint density at radius 3 is 2.55 bits per heavy atom. The largest absolute Gasteiger partial charge is 0.269 e. The molecule has 0 fully saturated rings. The molecule has 0 bridgehead atoms. The van der Waals surface area contributed by atoms with Gasteiger partial charge >= 0.3 is 0 Å². The topological polar surface area (TPSA) is 12.4 Å². The molecular weight excluding hydrogens is 134 g/mol. The van der Waals surface area contributed by atoms with E-state index in [9.17, 15) is 0 Å². The third kappa shape index (κ3) is 3.76. The SMILES string of the molecule is CC.CC1=C(C)CC=NC=C1. The van der Waals surface area contributed by atoms with Crippen molar-refractivity contribution in [1.82, 2.24) is 0 Å². The van der Waals surface area contributed by atoms with Gasteiger partial charge in [0.15, 0.2) is 0 Å². The highest BCUT2D eigenvalue weighted by molar-refractivity contribution is 5.63. The molecule has 1 nitrogen and oxygen atoms in total. The number of nitrogens with zero attached hydrogens (tertiary/aromatic N) is 1. The fourth-order valence-electron chi connectivity index (χ4n) is 0.709. The number of rotatable bonds is 0. The zero-order valence-corrected chi connectivity index (χ0v) is 7.89. The Kier molecular flexibility index (Phi) is 5.44. The summed E-state index contributed by atoms with van der Waals surface area (Å²) >= 11 is 0. The van der Waals surface area contributed by atoms with Crippen LogP contribution in [0.3, 0.4) is 0 Å². The van der Waals surface area contributed by atoms with Crippen molar-refractivity contribution in [2.24, 2.45) is 4.99 Å². The van der Waals surface area contributed by atoms with Crippen LogP contribution in [0.2, 0.25) is 0 Å². The standard InChI is InChI=1S/C8H11N.C2H6/c1-7-3-5-9-6-4-8(7)2;1-2/h3,5-6H,4H2,1-2H3;1-2H3. The van der Waals surface area contributed by atoms with Crippen molar-refractivity contribution in [3.8, 4) is 0 Å². The van der Waals surface area contributed by atoms with E-state index in [-0.39, 0.29) is 0 Å². The van der Waals surface area contributed by atoms with Gasteiger partial charge in [-0.1, -0.05) is 25.0 Å². The number of allylic oxidation sites excluding steroid dienone is 3. The first-order valence-corrected chi connectivity index (χ1v) is 4.15. The second kappa shape index (κ2) is 5.90. The van der Waals surface area contributed by atoms with E-state index in [4.69, 9.17) is 0 Å². The molecule has 0 aromatic rings. The van der Waals surface area contributed by atoms with Gasteiger partial charge in [0.2, 0.25) is 0 Å². The summed E-state index contributed by atoms with van der Waals surface area (Å²) in [5.41, 5.74) is 2.75. The minimum absolute atomic E-state index is 0.999. The van der Waals surface area contributed by atoms with Gasteiger partial charge in [0.1, 0.15) is 0 Å². The molecule has 0 amide bonds. The first-order valence-electron chi connectivity index (χ1n) is 4.15. The molecule has 1 heterocycles. The lowest BCUT2D eigenvalue weighted by atomic mass is 10.1. The van der Waals surface area contributed by atoms with Crippen LogP contribution in [0.5, 0.6) is 0 Å². The normalized spacial score (nSPS) is 15.6. The molecule has 11 heavy (non-hydrogen) atoms. The van der Waals surface area contributed by atoms with Crippen LogP contribution in [0.4, 0.5) is 0 Å². The van der Waals surface area contributed by atoms with Crippen molar-refractivity contribution in [3.63, 3.8) is 0 Å². The number of hydrogen-bond donors (Lipinski definition) is 0. The van der Waals surface area contributed by atoms with Crippen molar-refractivity contribution in [2.75, 3.05) is 0 Å². The van der Waals surface area contributed by atoms with Gasteiger partial charge in [-0.2, -0.15) is 0 Å². The molecule has 0 N–H and O–H groups in total. The van der Waals surface area contributed by atoms with Crippen molar-refractivity contribution in [1.29, 1.82) is 0 Å².